The minimum Gasteiger partial charge on any atom is -0.375 e. The van der Waals surface area contributed by atoms with E-state index in [1.54, 1.807) is 12.1 Å². The molecule has 1 rings (SSSR count). The molecular formula is C14H22FNO. The van der Waals surface area contributed by atoms with Crippen LogP contribution in [0.1, 0.15) is 39.3 Å². The van der Waals surface area contributed by atoms with Gasteiger partial charge < -0.3 is 10.1 Å². The molecule has 0 fully saturated rings. The van der Waals surface area contributed by atoms with Crippen molar-refractivity contribution >= 4 is 0 Å². The third-order valence-corrected chi connectivity index (χ3v) is 2.44. The second-order valence-corrected chi connectivity index (χ2v) is 5.19. The van der Waals surface area contributed by atoms with E-state index in [1.165, 1.54) is 6.07 Å². The van der Waals surface area contributed by atoms with Crippen LogP contribution in [-0.4, -0.2) is 18.8 Å². The van der Waals surface area contributed by atoms with E-state index in [9.17, 15) is 4.39 Å². The molecule has 0 aliphatic heterocycles. The van der Waals surface area contributed by atoms with Gasteiger partial charge in [0.1, 0.15) is 5.82 Å². The molecule has 0 aromatic heterocycles. The Morgan fingerprint density at radius 2 is 2.06 bits per heavy atom. The van der Waals surface area contributed by atoms with Gasteiger partial charge in [-0.25, -0.2) is 4.39 Å². The summed E-state index contributed by atoms with van der Waals surface area (Å²) in [5.41, 5.74) is 0.852. The zero-order valence-electron chi connectivity index (χ0n) is 11.1. The maximum absolute atomic E-state index is 13.0. The van der Waals surface area contributed by atoms with Crippen LogP contribution in [0.15, 0.2) is 24.3 Å². The molecule has 0 heterocycles. The van der Waals surface area contributed by atoms with Gasteiger partial charge in [-0.1, -0.05) is 12.1 Å². The standard InChI is InChI=1S/C14H22FNO/c1-11(12-6-5-7-13(15)10-12)16-8-9-17-14(2,3)4/h5-7,10-11,16H,8-9H2,1-4H3/t11-/m1/s1. The first-order valence-electron chi connectivity index (χ1n) is 6.01. The molecule has 0 unspecified atom stereocenters. The van der Waals surface area contributed by atoms with Crippen molar-refractivity contribution in [3.05, 3.63) is 35.6 Å². The summed E-state index contributed by atoms with van der Waals surface area (Å²) in [5, 5.41) is 3.31. The van der Waals surface area contributed by atoms with Gasteiger partial charge in [0.25, 0.3) is 0 Å². The predicted octanol–water partition coefficient (Wildman–Crippen LogP) is 3.29. The number of nitrogens with one attached hydrogen (secondary N) is 1. The second kappa shape index (κ2) is 6.12. The SMILES string of the molecule is C[C@@H](NCCOC(C)(C)C)c1cccc(F)c1. The van der Waals surface area contributed by atoms with E-state index >= 15 is 0 Å². The van der Waals surface area contributed by atoms with E-state index in [2.05, 4.69) is 5.32 Å². The van der Waals surface area contributed by atoms with Crippen molar-refractivity contribution in [3.8, 4) is 0 Å². The first-order chi connectivity index (χ1) is 7.88. The molecule has 0 aliphatic carbocycles. The third-order valence-electron chi connectivity index (χ3n) is 2.44. The highest BCUT2D eigenvalue weighted by Crippen LogP contribution is 2.13. The van der Waals surface area contributed by atoms with Crippen molar-refractivity contribution in [1.29, 1.82) is 0 Å². The van der Waals surface area contributed by atoms with E-state index in [0.29, 0.717) is 6.61 Å². The van der Waals surface area contributed by atoms with Crippen LogP contribution in [0.3, 0.4) is 0 Å². The Morgan fingerprint density at radius 3 is 2.65 bits per heavy atom. The number of benzene rings is 1. The first-order valence-corrected chi connectivity index (χ1v) is 6.01. The lowest BCUT2D eigenvalue weighted by molar-refractivity contribution is -0.00149. The predicted molar refractivity (Wildman–Crippen MR) is 68.5 cm³/mol. The summed E-state index contributed by atoms with van der Waals surface area (Å²) in [6.07, 6.45) is 0. The fourth-order valence-corrected chi connectivity index (χ4v) is 1.53. The number of halogens is 1. The van der Waals surface area contributed by atoms with Gasteiger partial charge in [0.2, 0.25) is 0 Å². The minimum atomic E-state index is -0.193. The fourth-order valence-electron chi connectivity index (χ4n) is 1.53. The van der Waals surface area contributed by atoms with E-state index in [-0.39, 0.29) is 17.5 Å². The maximum Gasteiger partial charge on any atom is 0.123 e. The van der Waals surface area contributed by atoms with Crippen molar-refractivity contribution in [1.82, 2.24) is 5.32 Å². The highest BCUT2D eigenvalue weighted by Gasteiger charge is 2.10. The zero-order valence-corrected chi connectivity index (χ0v) is 11.1. The monoisotopic (exact) mass is 239 g/mol. The van der Waals surface area contributed by atoms with Gasteiger partial charge in [-0.3, -0.25) is 0 Å². The molecule has 1 atom stereocenters. The molecular weight excluding hydrogens is 217 g/mol. The molecule has 1 aromatic rings. The molecule has 0 bridgehead atoms. The van der Waals surface area contributed by atoms with Gasteiger partial charge in [0.05, 0.1) is 12.2 Å². The van der Waals surface area contributed by atoms with Gasteiger partial charge in [0, 0.05) is 12.6 Å². The maximum atomic E-state index is 13.0. The van der Waals surface area contributed by atoms with Crippen LogP contribution in [0.5, 0.6) is 0 Å². The number of ether oxygens (including phenoxy) is 1. The molecule has 0 amide bonds. The summed E-state index contributed by atoms with van der Waals surface area (Å²) in [4.78, 5) is 0. The molecule has 0 aliphatic rings. The molecule has 0 saturated heterocycles. The van der Waals surface area contributed by atoms with Crippen molar-refractivity contribution < 1.29 is 9.13 Å². The van der Waals surface area contributed by atoms with E-state index in [0.717, 1.165) is 12.1 Å². The summed E-state index contributed by atoms with van der Waals surface area (Å²) in [5.74, 6) is -0.193. The van der Waals surface area contributed by atoms with Gasteiger partial charge in [-0.2, -0.15) is 0 Å². The van der Waals surface area contributed by atoms with E-state index < -0.39 is 0 Å². The summed E-state index contributed by atoms with van der Waals surface area (Å²) in [6.45, 7) is 9.53. The van der Waals surface area contributed by atoms with Gasteiger partial charge in [0.15, 0.2) is 0 Å². The van der Waals surface area contributed by atoms with Crippen molar-refractivity contribution in [2.75, 3.05) is 13.2 Å². The first kappa shape index (κ1) is 14.1. The minimum absolute atomic E-state index is 0.107. The summed E-state index contributed by atoms with van der Waals surface area (Å²) >= 11 is 0. The Hall–Kier alpha value is -0.930. The number of rotatable bonds is 5. The van der Waals surface area contributed by atoms with E-state index in [1.807, 2.05) is 33.8 Å². The van der Waals surface area contributed by atoms with Crippen LogP contribution in [0.2, 0.25) is 0 Å². The average molecular weight is 239 g/mol. The topological polar surface area (TPSA) is 21.3 Å². The fraction of sp³-hybridized carbons (Fsp3) is 0.571. The molecule has 1 aromatic carbocycles. The molecule has 0 radical (unpaired) electrons. The van der Waals surface area contributed by atoms with Crippen molar-refractivity contribution in [2.24, 2.45) is 0 Å². The molecule has 17 heavy (non-hydrogen) atoms. The van der Waals surface area contributed by atoms with Crippen LogP contribution in [0, 0.1) is 5.82 Å². The summed E-state index contributed by atoms with van der Waals surface area (Å²) < 4.78 is 18.6. The molecule has 96 valence electrons. The Balaban J connectivity index is 2.33. The Labute approximate surface area is 103 Å². The van der Waals surface area contributed by atoms with Crippen molar-refractivity contribution in [2.45, 2.75) is 39.3 Å². The van der Waals surface area contributed by atoms with Crippen molar-refractivity contribution in [3.63, 3.8) is 0 Å². The van der Waals surface area contributed by atoms with Gasteiger partial charge >= 0.3 is 0 Å². The smallest absolute Gasteiger partial charge is 0.123 e. The van der Waals surface area contributed by atoms with Gasteiger partial charge in [-0.15, -0.1) is 0 Å². The lowest BCUT2D eigenvalue weighted by Crippen LogP contribution is -2.28. The Kier molecular flexibility index (Phi) is 5.09. The normalized spacial score (nSPS) is 13.7. The van der Waals surface area contributed by atoms with Gasteiger partial charge in [-0.05, 0) is 45.4 Å². The number of hydrogen-bond donors (Lipinski definition) is 1. The molecule has 3 heteroatoms. The van der Waals surface area contributed by atoms with Crippen LogP contribution < -0.4 is 5.32 Å². The average Bonchev–Trinajstić information content (AvgIpc) is 2.23. The second-order valence-electron chi connectivity index (χ2n) is 5.19. The highest BCUT2D eigenvalue weighted by molar-refractivity contribution is 5.19. The Morgan fingerprint density at radius 1 is 1.35 bits per heavy atom. The molecule has 0 saturated carbocycles. The lowest BCUT2D eigenvalue weighted by atomic mass is 10.1. The quantitative estimate of drug-likeness (QED) is 0.796. The Bertz CT molecular complexity index is 346. The third kappa shape index (κ3) is 5.80. The summed E-state index contributed by atoms with van der Waals surface area (Å²) in [6, 6.07) is 6.80. The van der Waals surface area contributed by atoms with Crippen LogP contribution in [0.4, 0.5) is 4.39 Å². The van der Waals surface area contributed by atoms with Crippen LogP contribution >= 0.6 is 0 Å². The molecule has 1 N–H and O–H groups in total. The molecule has 2 nitrogen and oxygen atoms in total. The van der Waals surface area contributed by atoms with E-state index in [4.69, 9.17) is 4.74 Å². The highest BCUT2D eigenvalue weighted by atomic mass is 19.1. The summed E-state index contributed by atoms with van der Waals surface area (Å²) in [7, 11) is 0. The molecule has 0 spiro atoms. The lowest BCUT2D eigenvalue weighted by Gasteiger charge is -2.21. The zero-order chi connectivity index (χ0) is 12.9. The van der Waals surface area contributed by atoms with Crippen LogP contribution in [0.25, 0.3) is 0 Å². The van der Waals surface area contributed by atoms with Crippen LogP contribution in [-0.2, 0) is 4.74 Å². The largest absolute Gasteiger partial charge is 0.375 e. The number of hydrogen-bond acceptors (Lipinski definition) is 2.